The highest BCUT2D eigenvalue weighted by atomic mass is 16.6. The van der Waals surface area contributed by atoms with Gasteiger partial charge >= 0.3 is 6.09 Å². The van der Waals surface area contributed by atoms with Crippen molar-refractivity contribution in [3.8, 4) is 16.9 Å². The van der Waals surface area contributed by atoms with E-state index in [9.17, 15) is 9.59 Å². The van der Waals surface area contributed by atoms with Crippen LogP contribution in [0.4, 0.5) is 10.5 Å². The number of rotatable bonds is 11. The Balaban J connectivity index is 1.15. The predicted octanol–water partition coefficient (Wildman–Crippen LogP) is 6.79. The smallest absolute Gasteiger partial charge is 0.407 e. The second kappa shape index (κ2) is 14.7. The maximum Gasteiger partial charge on any atom is 0.407 e. The first kappa shape index (κ1) is 32.1. The molecule has 2 N–H and O–H groups in total. The number of hydrogen-bond donors (Lipinski definition) is 2. The zero-order valence-corrected chi connectivity index (χ0v) is 27.2. The Kier molecular flexibility index (Phi) is 10.3. The first-order valence-electron chi connectivity index (χ1n) is 17.1. The largest absolute Gasteiger partial charge is 0.496 e. The van der Waals surface area contributed by atoms with Crippen molar-refractivity contribution in [1.29, 1.82) is 0 Å². The molecule has 3 aromatic rings. The molecule has 0 spiro atoms. The van der Waals surface area contributed by atoms with Crippen LogP contribution in [-0.2, 0) is 9.53 Å². The normalized spacial score (nSPS) is 23.0. The Hall–Kier alpha value is -3.85. The van der Waals surface area contributed by atoms with Gasteiger partial charge in [-0.3, -0.25) is 9.48 Å². The van der Waals surface area contributed by atoms with Gasteiger partial charge in [0.2, 0.25) is 5.91 Å². The van der Waals surface area contributed by atoms with E-state index in [0.717, 1.165) is 73.9 Å². The molecular formula is C37H48N4O5. The van der Waals surface area contributed by atoms with E-state index in [1.54, 1.807) is 7.11 Å². The fourth-order valence-electron chi connectivity index (χ4n) is 7.35. The first-order valence-corrected chi connectivity index (χ1v) is 17.1. The third-order valence-corrected chi connectivity index (χ3v) is 10.2. The summed E-state index contributed by atoms with van der Waals surface area (Å²) in [6.07, 6.45) is 13.2. The van der Waals surface area contributed by atoms with Gasteiger partial charge in [0.15, 0.2) is 0 Å². The van der Waals surface area contributed by atoms with Crippen LogP contribution in [-0.4, -0.2) is 59.8 Å². The summed E-state index contributed by atoms with van der Waals surface area (Å²) in [4.78, 5) is 28.4. The molecule has 2 aromatic carbocycles. The van der Waals surface area contributed by atoms with E-state index in [1.165, 1.54) is 24.0 Å². The molecule has 1 heterocycles. The molecule has 9 heteroatoms. The van der Waals surface area contributed by atoms with Crippen molar-refractivity contribution in [3.05, 3.63) is 66.0 Å². The van der Waals surface area contributed by atoms with Crippen molar-refractivity contribution in [1.82, 2.24) is 15.1 Å². The Morgan fingerprint density at radius 2 is 1.76 bits per heavy atom. The molecule has 3 aliphatic rings. The predicted molar refractivity (Wildman–Crippen MR) is 178 cm³/mol. The Labute approximate surface area is 272 Å². The van der Waals surface area contributed by atoms with Crippen LogP contribution in [0.2, 0.25) is 0 Å². The minimum absolute atomic E-state index is 0.0172. The Bertz CT molecular complexity index is 1480. The molecule has 1 aromatic heterocycles. The van der Waals surface area contributed by atoms with Crippen LogP contribution in [0, 0.1) is 18.8 Å². The van der Waals surface area contributed by atoms with Crippen molar-refractivity contribution in [2.75, 3.05) is 31.8 Å². The molecule has 0 atom stereocenters. The van der Waals surface area contributed by atoms with Crippen molar-refractivity contribution in [3.63, 3.8) is 0 Å². The van der Waals surface area contributed by atoms with Crippen LogP contribution in [0.15, 0.2) is 54.9 Å². The van der Waals surface area contributed by atoms with Crippen LogP contribution >= 0.6 is 0 Å². The lowest BCUT2D eigenvalue weighted by Gasteiger charge is -2.36. The SMILES string of the molecule is COc1ccc([C@H]2CC[C@H](CN(c3cccc(-c4cnn(C5CC5)c4)c3)C(=O)[C@H]3CC[C@H](NC(=O)OCCO)CC3)CC2)cc1C. The van der Waals surface area contributed by atoms with E-state index < -0.39 is 6.09 Å². The Morgan fingerprint density at radius 3 is 2.46 bits per heavy atom. The van der Waals surface area contributed by atoms with Crippen molar-refractivity contribution in [2.24, 2.45) is 11.8 Å². The van der Waals surface area contributed by atoms with E-state index in [1.807, 2.05) is 6.20 Å². The number of methoxy groups -OCH3 is 1. The number of anilines is 1. The number of carbonyl (C=O) groups is 2. The zero-order valence-electron chi connectivity index (χ0n) is 27.2. The molecule has 3 saturated carbocycles. The molecular weight excluding hydrogens is 580 g/mol. The summed E-state index contributed by atoms with van der Waals surface area (Å²) in [6.45, 7) is 2.60. The fourth-order valence-corrected chi connectivity index (χ4v) is 7.35. The minimum atomic E-state index is -0.507. The van der Waals surface area contributed by atoms with Crippen LogP contribution in [0.3, 0.4) is 0 Å². The van der Waals surface area contributed by atoms with Crippen LogP contribution in [0.25, 0.3) is 11.1 Å². The average molecular weight is 629 g/mol. The highest BCUT2D eigenvalue weighted by molar-refractivity contribution is 5.95. The van der Waals surface area contributed by atoms with E-state index >= 15 is 0 Å². The van der Waals surface area contributed by atoms with Gasteiger partial charge in [0.1, 0.15) is 12.4 Å². The third kappa shape index (κ3) is 7.74. The molecule has 3 fully saturated rings. The van der Waals surface area contributed by atoms with Gasteiger partial charge in [0, 0.05) is 36.0 Å². The summed E-state index contributed by atoms with van der Waals surface area (Å²) in [5.74, 6) is 1.98. The Morgan fingerprint density at radius 1 is 0.978 bits per heavy atom. The highest BCUT2D eigenvalue weighted by Crippen LogP contribution is 2.39. The number of nitrogens with one attached hydrogen (secondary N) is 1. The number of amides is 2. The van der Waals surface area contributed by atoms with Gasteiger partial charge in [-0.1, -0.05) is 24.3 Å². The molecule has 0 bridgehead atoms. The maximum absolute atomic E-state index is 14.3. The van der Waals surface area contributed by atoms with Gasteiger partial charge in [-0.05, 0) is 118 Å². The van der Waals surface area contributed by atoms with Gasteiger partial charge in [-0.25, -0.2) is 4.79 Å². The lowest BCUT2D eigenvalue weighted by molar-refractivity contribution is -0.123. The maximum atomic E-state index is 14.3. The number of carbonyl (C=O) groups excluding carboxylic acids is 2. The fraction of sp³-hybridized carbons (Fsp3) is 0.541. The molecule has 246 valence electrons. The summed E-state index contributed by atoms with van der Waals surface area (Å²) in [5.41, 5.74) is 5.66. The van der Waals surface area contributed by atoms with E-state index in [0.29, 0.717) is 24.4 Å². The topological polar surface area (TPSA) is 106 Å². The number of benzene rings is 2. The van der Waals surface area contributed by atoms with E-state index in [-0.39, 0.29) is 31.1 Å². The van der Waals surface area contributed by atoms with Crippen LogP contribution < -0.4 is 15.0 Å². The summed E-state index contributed by atoms with van der Waals surface area (Å²) < 4.78 is 12.5. The van der Waals surface area contributed by atoms with Crippen molar-refractivity contribution >= 4 is 17.7 Å². The van der Waals surface area contributed by atoms with Gasteiger partial charge in [0.25, 0.3) is 0 Å². The van der Waals surface area contributed by atoms with Crippen LogP contribution in [0.5, 0.6) is 5.75 Å². The molecule has 9 nitrogen and oxygen atoms in total. The number of ether oxygens (including phenoxy) is 2. The second-order valence-corrected chi connectivity index (χ2v) is 13.4. The summed E-state index contributed by atoms with van der Waals surface area (Å²) in [7, 11) is 1.72. The number of aryl methyl sites for hydroxylation is 1. The minimum Gasteiger partial charge on any atom is -0.496 e. The number of alkyl carbamates (subject to hydrolysis) is 1. The van der Waals surface area contributed by atoms with Crippen molar-refractivity contribution in [2.45, 2.75) is 89.1 Å². The van der Waals surface area contributed by atoms with Crippen LogP contribution in [0.1, 0.15) is 87.3 Å². The van der Waals surface area contributed by atoms with Gasteiger partial charge in [-0.2, -0.15) is 5.10 Å². The average Bonchev–Trinajstić information content (AvgIpc) is 3.82. The number of aromatic nitrogens is 2. The zero-order chi connectivity index (χ0) is 32.0. The summed E-state index contributed by atoms with van der Waals surface area (Å²) in [5, 5.41) is 16.4. The van der Waals surface area contributed by atoms with E-state index in [4.69, 9.17) is 14.6 Å². The molecule has 3 aliphatic carbocycles. The quantitative estimate of drug-likeness (QED) is 0.242. The molecule has 0 saturated heterocycles. The molecule has 0 unspecified atom stereocenters. The number of aliphatic hydroxyl groups excluding tert-OH is 1. The molecule has 0 radical (unpaired) electrons. The summed E-state index contributed by atoms with van der Waals surface area (Å²) in [6, 6.07) is 15.5. The third-order valence-electron chi connectivity index (χ3n) is 10.2. The molecule has 6 rings (SSSR count). The molecule has 46 heavy (non-hydrogen) atoms. The summed E-state index contributed by atoms with van der Waals surface area (Å²) >= 11 is 0. The monoisotopic (exact) mass is 628 g/mol. The number of aliphatic hydroxyl groups is 1. The first-order chi connectivity index (χ1) is 22.4. The lowest BCUT2D eigenvalue weighted by Crippen LogP contribution is -2.44. The molecule has 2 amide bonds. The number of nitrogens with zero attached hydrogens (tertiary/aromatic N) is 3. The van der Waals surface area contributed by atoms with Crippen molar-refractivity contribution < 1.29 is 24.2 Å². The number of hydrogen-bond acceptors (Lipinski definition) is 6. The molecule has 0 aliphatic heterocycles. The van der Waals surface area contributed by atoms with Gasteiger partial charge in [-0.15, -0.1) is 0 Å². The standard InChI is InChI=1S/C37H48N4O5/c1-25-20-30(12-17-35(25)45-2)27-8-6-26(7-9-27)23-40(36(43)28-10-13-32(14-11-28)39-37(44)46-19-18-42)34-5-3-4-29(21-34)31-22-38-41(24-31)33-15-16-33/h3-5,12,17,20-22,24,26-28,32-33,42H,6-11,13-16,18-19,23H2,1-2H3,(H,39,44)/t26-,27-,28-,32-. The second-order valence-electron chi connectivity index (χ2n) is 13.4. The van der Waals surface area contributed by atoms with Gasteiger partial charge < -0.3 is 24.8 Å². The lowest BCUT2D eigenvalue weighted by atomic mass is 9.78. The highest BCUT2D eigenvalue weighted by Gasteiger charge is 2.33. The van der Waals surface area contributed by atoms with E-state index in [2.05, 4.69) is 75.6 Å². The van der Waals surface area contributed by atoms with Gasteiger partial charge in [0.05, 0.1) is 26.0 Å².